The summed E-state index contributed by atoms with van der Waals surface area (Å²) in [6, 6.07) is 9.83. The van der Waals surface area contributed by atoms with Gasteiger partial charge in [-0.05, 0) is 50.9 Å². The highest BCUT2D eigenvalue weighted by atomic mass is 16.5. The van der Waals surface area contributed by atoms with Gasteiger partial charge in [0.25, 0.3) is 0 Å². The van der Waals surface area contributed by atoms with Crippen LogP contribution in [0.5, 0.6) is 5.75 Å². The van der Waals surface area contributed by atoms with Gasteiger partial charge in [-0.15, -0.1) is 0 Å². The van der Waals surface area contributed by atoms with E-state index in [4.69, 9.17) is 9.84 Å². The second-order valence-corrected chi connectivity index (χ2v) is 5.35. The maximum Gasteiger partial charge on any atom is 0.307 e. The zero-order valence-corrected chi connectivity index (χ0v) is 11.8. The summed E-state index contributed by atoms with van der Waals surface area (Å²) in [7, 11) is 0. The number of piperidine rings is 1. The van der Waals surface area contributed by atoms with Crippen LogP contribution >= 0.6 is 0 Å². The summed E-state index contributed by atoms with van der Waals surface area (Å²) >= 11 is 0. The number of benzene rings is 1. The smallest absolute Gasteiger partial charge is 0.307 e. The predicted molar refractivity (Wildman–Crippen MR) is 78.0 cm³/mol. The molecule has 1 saturated heterocycles. The van der Waals surface area contributed by atoms with Crippen molar-refractivity contribution in [3.8, 4) is 5.75 Å². The summed E-state index contributed by atoms with van der Waals surface area (Å²) in [4.78, 5) is 13.3. The van der Waals surface area contributed by atoms with Crippen LogP contribution in [-0.2, 0) is 4.79 Å². The van der Waals surface area contributed by atoms with Gasteiger partial charge >= 0.3 is 5.97 Å². The van der Waals surface area contributed by atoms with Crippen LogP contribution in [0.15, 0.2) is 30.3 Å². The lowest BCUT2D eigenvalue weighted by Gasteiger charge is -2.30. The molecule has 1 aromatic carbocycles. The van der Waals surface area contributed by atoms with Crippen molar-refractivity contribution < 1.29 is 14.6 Å². The number of carbonyl (C=O) groups is 1. The zero-order valence-electron chi connectivity index (χ0n) is 11.8. The fraction of sp³-hybridized carbons (Fsp3) is 0.562. The summed E-state index contributed by atoms with van der Waals surface area (Å²) in [6.45, 7) is 3.43. The van der Waals surface area contributed by atoms with E-state index < -0.39 is 5.97 Å². The second-order valence-electron chi connectivity index (χ2n) is 5.35. The van der Waals surface area contributed by atoms with Crippen LogP contribution in [-0.4, -0.2) is 42.2 Å². The molecule has 1 aliphatic rings. The summed E-state index contributed by atoms with van der Waals surface area (Å²) in [6.07, 6.45) is 3.88. The lowest BCUT2D eigenvalue weighted by Crippen LogP contribution is -2.39. The molecule has 0 amide bonds. The Morgan fingerprint density at radius 1 is 1.30 bits per heavy atom. The van der Waals surface area contributed by atoms with Gasteiger partial charge in [0.1, 0.15) is 5.75 Å². The van der Waals surface area contributed by atoms with Crippen LogP contribution in [0.2, 0.25) is 0 Å². The van der Waals surface area contributed by atoms with E-state index in [-0.39, 0.29) is 5.92 Å². The molecule has 2 rings (SSSR count). The maximum absolute atomic E-state index is 11.0. The number of likely N-dealkylation sites (tertiary alicyclic amines) is 1. The fourth-order valence-corrected chi connectivity index (χ4v) is 2.60. The molecule has 0 radical (unpaired) electrons. The maximum atomic E-state index is 11.0. The summed E-state index contributed by atoms with van der Waals surface area (Å²) in [5.41, 5.74) is 0. The van der Waals surface area contributed by atoms with E-state index >= 15 is 0 Å². The third-order valence-corrected chi connectivity index (χ3v) is 3.74. The SMILES string of the molecule is O=C(O)[C@@H]1CCCN(CCCCOc2ccccc2)C1. The number of hydrogen-bond acceptors (Lipinski definition) is 3. The molecule has 0 saturated carbocycles. The third-order valence-electron chi connectivity index (χ3n) is 3.74. The first-order chi connectivity index (χ1) is 9.75. The van der Waals surface area contributed by atoms with Crippen molar-refractivity contribution in [1.82, 2.24) is 4.90 Å². The van der Waals surface area contributed by atoms with Crippen LogP contribution in [0.4, 0.5) is 0 Å². The van der Waals surface area contributed by atoms with E-state index in [0.717, 1.165) is 51.1 Å². The van der Waals surface area contributed by atoms with Gasteiger partial charge in [-0.3, -0.25) is 4.79 Å². The lowest BCUT2D eigenvalue weighted by molar-refractivity contribution is -0.143. The Hall–Kier alpha value is -1.55. The highest BCUT2D eigenvalue weighted by Gasteiger charge is 2.24. The second kappa shape index (κ2) is 7.90. The van der Waals surface area contributed by atoms with Crippen molar-refractivity contribution in [1.29, 1.82) is 0 Å². The number of unbranched alkanes of at least 4 members (excludes halogenated alkanes) is 1. The van der Waals surface area contributed by atoms with Crippen LogP contribution in [0, 0.1) is 5.92 Å². The average molecular weight is 277 g/mol. The minimum absolute atomic E-state index is 0.177. The first kappa shape index (κ1) is 14.9. The lowest BCUT2D eigenvalue weighted by atomic mass is 9.98. The Bertz CT molecular complexity index is 407. The molecule has 4 heteroatoms. The molecule has 1 heterocycles. The molecule has 0 aromatic heterocycles. The molecule has 0 aliphatic carbocycles. The Morgan fingerprint density at radius 2 is 2.10 bits per heavy atom. The molecular formula is C16H23NO3. The van der Waals surface area contributed by atoms with Crippen molar-refractivity contribution in [2.45, 2.75) is 25.7 Å². The molecule has 1 atom stereocenters. The van der Waals surface area contributed by atoms with Crippen molar-refractivity contribution >= 4 is 5.97 Å². The number of hydrogen-bond donors (Lipinski definition) is 1. The van der Waals surface area contributed by atoms with Gasteiger partial charge in [-0.25, -0.2) is 0 Å². The minimum atomic E-state index is -0.651. The molecule has 110 valence electrons. The first-order valence-corrected chi connectivity index (χ1v) is 7.39. The molecular weight excluding hydrogens is 254 g/mol. The molecule has 0 unspecified atom stereocenters. The van der Waals surface area contributed by atoms with Crippen LogP contribution in [0.25, 0.3) is 0 Å². The highest BCUT2D eigenvalue weighted by Crippen LogP contribution is 2.17. The number of para-hydroxylation sites is 1. The number of rotatable bonds is 7. The molecule has 1 aliphatic heterocycles. The molecule has 1 aromatic rings. The van der Waals surface area contributed by atoms with E-state index in [1.807, 2.05) is 30.3 Å². The largest absolute Gasteiger partial charge is 0.494 e. The zero-order chi connectivity index (χ0) is 14.2. The quantitative estimate of drug-likeness (QED) is 0.778. The third kappa shape index (κ3) is 4.85. The summed E-state index contributed by atoms with van der Waals surface area (Å²) in [5.74, 6) is 0.0860. The van der Waals surface area contributed by atoms with Gasteiger partial charge in [-0.2, -0.15) is 0 Å². The summed E-state index contributed by atoms with van der Waals surface area (Å²) < 4.78 is 5.64. The molecule has 20 heavy (non-hydrogen) atoms. The van der Waals surface area contributed by atoms with Crippen molar-refractivity contribution in [2.75, 3.05) is 26.2 Å². The van der Waals surface area contributed by atoms with E-state index in [2.05, 4.69) is 4.90 Å². The normalized spacial score (nSPS) is 19.7. The fourth-order valence-electron chi connectivity index (χ4n) is 2.60. The molecule has 1 N–H and O–H groups in total. The standard InChI is InChI=1S/C16H23NO3/c18-16(19)14-7-6-11-17(13-14)10-4-5-12-20-15-8-2-1-3-9-15/h1-3,8-9,14H,4-7,10-13H2,(H,18,19)/t14-/m1/s1. The first-order valence-electron chi connectivity index (χ1n) is 7.39. The van der Waals surface area contributed by atoms with Gasteiger partial charge < -0.3 is 14.7 Å². The minimum Gasteiger partial charge on any atom is -0.494 e. The Balaban J connectivity index is 1.58. The van der Waals surface area contributed by atoms with E-state index in [9.17, 15) is 4.79 Å². The van der Waals surface area contributed by atoms with Gasteiger partial charge in [0.2, 0.25) is 0 Å². The Labute approximate surface area is 120 Å². The number of carboxylic acid groups (broad SMARTS) is 1. The van der Waals surface area contributed by atoms with E-state index in [0.29, 0.717) is 6.54 Å². The van der Waals surface area contributed by atoms with Gasteiger partial charge in [-0.1, -0.05) is 18.2 Å². The van der Waals surface area contributed by atoms with E-state index in [1.165, 1.54) is 0 Å². The van der Waals surface area contributed by atoms with Gasteiger partial charge in [0.15, 0.2) is 0 Å². The molecule has 4 nitrogen and oxygen atoms in total. The van der Waals surface area contributed by atoms with Crippen LogP contribution < -0.4 is 4.74 Å². The number of aliphatic carboxylic acids is 1. The van der Waals surface area contributed by atoms with Crippen molar-refractivity contribution in [3.05, 3.63) is 30.3 Å². The molecule has 0 spiro atoms. The number of nitrogens with zero attached hydrogens (tertiary/aromatic N) is 1. The Kier molecular flexibility index (Phi) is 5.87. The van der Waals surface area contributed by atoms with Crippen LogP contribution in [0.3, 0.4) is 0 Å². The average Bonchev–Trinajstić information content (AvgIpc) is 2.48. The number of carboxylic acids is 1. The monoisotopic (exact) mass is 277 g/mol. The predicted octanol–water partition coefficient (Wildman–Crippen LogP) is 2.64. The molecule has 1 fully saturated rings. The van der Waals surface area contributed by atoms with Gasteiger partial charge in [0, 0.05) is 6.54 Å². The van der Waals surface area contributed by atoms with Crippen molar-refractivity contribution in [2.24, 2.45) is 5.92 Å². The Morgan fingerprint density at radius 3 is 2.85 bits per heavy atom. The van der Waals surface area contributed by atoms with Gasteiger partial charge in [0.05, 0.1) is 12.5 Å². The molecule has 0 bridgehead atoms. The highest BCUT2D eigenvalue weighted by molar-refractivity contribution is 5.70. The van der Waals surface area contributed by atoms with Crippen LogP contribution in [0.1, 0.15) is 25.7 Å². The number of ether oxygens (including phenoxy) is 1. The summed E-state index contributed by atoms with van der Waals surface area (Å²) in [5, 5.41) is 9.05. The topological polar surface area (TPSA) is 49.8 Å². The van der Waals surface area contributed by atoms with Crippen molar-refractivity contribution in [3.63, 3.8) is 0 Å². The van der Waals surface area contributed by atoms with E-state index in [1.54, 1.807) is 0 Å².